The van der Waals surface area contributed by atoms with E-state index in [1.165, 1.54) is 0 Å². The molecule has 0 bridgehead atoms. The van der Waals surface area contributed by atoms with Crippen molar-refractivity contribution in [2.75, 3.05) is 0 Å². The molecule has 1 heterocycles. The van der Waals surface area contributed by atoms with Gasteiger partial charge in [0, 0.05) is 12.1 Å². The van der Waals surface area contributed by atoms with E-state index in [-0.39, 0.29) is 11.7 Å². The lowest BCUT2D eigenvalue weighted by Crippen LogP contribution is -2.20. The van der Waals surface area contributed by atoms with Crippen LogP contribution in [0.15, 0.2) is 18.3 Å². The lowest BCUT2D eigenvalue weighted by Gasteiger charge is -2.10. The molecule has 1 atom stereocenters. The van der Waals surface area contributed by atoms with Gasteiger partial charge in [0.1, 0.15) is 11.1 Å². The zero-order valence-corrected chi connectivity index (χ0v) is 10.0. The molecule has 1 unspecified atom stereocenters. The fourth-order valence-corrected chi connectivity index (χ4v) is 1.49. The standard InChI is InChI=1S/C12H13ClN2O/c1-8(2)12(16)10(6-14)5-9-3-4-11(13)15-7-9/h3-4,7-8,10H,5H2,1-2H3. The van der Waals surface area contributed by atoms with Crippen LogP contribution in [0.4, 0.5) is 0 Å². The predicted molar refractivity (Wildman–Crippen MR) is 61.9 cm³/mol. The summed E-state index contributed by atoms with van der Waals surface area (Å²) in [6.07, 6.45) is 2.00. The van der Waals surface area contributed by atoms with Crippen LogP contribution in [0.25, 0.3) is 0 Å². The fraction of sp³-hybridized carbons (Fsp3) is 0.417. The first-order valence-corrected chi connectivity index (χ1v) is 5.46. The normalized spacial score (nSPS) is 12.2. The summed E-state index contributed by atoms with van der Waals surface area (Å²) in [4.78, 5) is 15.6. The van der Waals surface area contributed by atoms with E-state index >= 15 is 0 Å². The molecule has 0 saturated heterocycles. The first-order chi connectivity index (χ1) is 7.54. The number of nitriles is 1. The number of carbonyl (C=O) groups is 1. The molecule has 0 N–H and O–H groups in total. The van der Waals surface area contributed by atoms with Crippen LogP contribution in [0.1, 0.15) is 19.4 Å². The maximum absolute atomic E-state index is 11.7. The Morgan fingerprint density at radius 1 is 1.56 bits per heavy atom. The van der Waals surface area contributed by atoms with Gasteiger partial charge in [0.15, 0.2) is 5.78 Å². The Hall–Kier alpha value is -1.40. The Labute approximate surface area is 100 Å². The smallest absolute Gasteiger partial charge is 0.152 e. The summed E-state index contributed by atoms with van der Waals surface area (Å²) in [6.45, 7) is 3.60. The van der Waals surface area contributed by atoms with Gasteiger partial charge in [0.25, 0.3) is 0 Å². The Kier molecular flexibility index (Phi) is 4.45. The molecule has 0 fully saturated rings. The highest BCUT2D eigenvalue weighted by Crippen LogP contribution is 2.14. The first kappa shape index (κ1) is 12.7. The monoisotopic (exact) mass is 236 g/mol. The molecule has 0 amide bonds. The van der Waals surface area contributed by atoms with Crippen LogP contribution in [0.2, 0.25) is 5.15 Å². The molecule has 1 aromatic heterocycles. The van der Waals surface area contributed by atoms with E-state index in [0.29, 0.717) is 11.6 Å². The minimum absolute atomic E-state index is 0.0301. The second-order valence-electron chi connectivity index (χ2n) is 3.93. The predicted octanol–water partition coefficient (Wildman–Crippen LogP) is 2.64. The van der Waals surface area contributed by atoms with Crippen molar-refractivity contribution in [1.29, 1.82) is 5.26 Å². The summed E-state index contributed by atoms with van der Waals surface area (Å²) >= 11 is 5.65. The van der Waals surface area contributed by atoms with Crippen molar-refractivity contribution in [2.45, 2.75) is 20.3 Å². The van der Waals surface area contributed by atoms with Gasteiger partial charge in [-0.15, -0.1) is 0 Å². The van der Waals surface area contributed by atoms with E-state index in [1.807, 2.05) is 6.07 Å². The van der Waals surface area contributed by atoms with Gasteiger partial charge in [-0.05, 0) is 18.1 Å². The summed E-state index contributed by atoms with van der Waals surface area (Å²) in [5, 5.41) is 9.35. The van der Waals surface area contributed by atoms with Gasteiger partial charge in [-0.3, -0.25) is 4.79 Å². The highest BCUT2D eigenvalue weighted by atomic mass is 35.5. The largest absolute Gasteiger partial charge is 0.298 e. The van der Waals surface area contributed by atoms with Crippen molar-refractivity contribution in [3.8, 4) is 6.07 Å². The molecular weight excluding hydrogens is 224 g/mol. The number of nitrogens with zero attached hydrogens (tertiary/aromatic N) is 2. The van der Waals surface area contributed by atoms with Gasteiger partial charge >= 0.3 is 0 Å². The molecule has 0 aromatic carbocycles. The molecule has 0 aliphatic carbocycles. The molecule has 4 heteroatoms. The highest BCUT2D eigenvalue weighted by Gasteiger charge is 2.21. The molecule has 1 rings (SSSR count). The van der Waals surface area contributed by atoms with Gasteiger partial charge in [0.2, 0.25) is 0 Å². The maximum atomic E-state index is 11.7. The summed E-state index contributed by atoms with van der Waals surface area (Å²) in [5.41, 5.74) is 0.852. The molecular formula is C12H13ClN2O. The number of halogens is 1. The van der Waals surface area contributed by atoms with Crippen molar-refractivity contribution in [1.82, 2.24) is 4.98 Å². The van der Waals surface area contributed by atoms with Gasteiger partial charge < -0.3 is 0 Å². The van der Waals surface area contributed by atoms with Crippen molar-refractivity contribution in [3.63, 3.8) is 0 Å². The van der Waals surface area contributed by atoms with Crippen molar-refractivity contribution in [2.24, 2.45) is 11.8 Å². The number of carbonyl (C=O) groups excluding carboxylic acids is 1. The Bertz CT molecular complexity index is 406. The number of pyridine rings is 1. The third-order valence-electron chi connectivity index (χ3n) is 2.30. The summed E-state index contributed by atoms with van der Waals surface area (Å²) in [7, 11) is 0. The zero-order valence-electron chi connectivity index (χ0n) is 9.27. The maximum Gasteiger partial charge on any atom is 0.152 e. The van der Waals surface area contributed by atoms with E-state index < -0.39 is 5.92 Å². The molecule has 0 aliphatic rings. The van der Waals surface area contributed by atoms with Crippen LogP contribution in [0.5, 0.6) is 0 Å². The molecule has 1 aromatic rings. The van der Waals surface area contributed by atoms with Gasteiger partial charge in [-0.2, -0.15) is 5.26 Å². The van der Waals surface area contributed by atoms with Crippen LogP contribution in [-0.4, -0.2) is 10.8 Å². The van der Waals surface area contributed by atoms with Gasteiger partial charge in [-0.1, -0.05) is 31.5 Å². The van der Waals surface area contributed by atoms with Crippen LogP contribution in [0, 0.1) is 23.2 Å². The number of hydrogen-bond acceptors (Lipinski definition) is 3. The minimum atomic E-state index is -0.594. The van der Waals surface area contributed by atoms with Crippen LogP contribution in [0.3, 0.4) is 0 Å². The molecule has 0 spiro atoms. The Balaban J connectivity index is 2.75. The van der Waals surface area contributed by atoms with Crippen molar-refractivity contribution in [3.05, 3.63) is 29.0 Å². The second-order valence-corrected chi connectivity index (χ2v) is 4.32. The molecule has 84 valence electrons. The number of Topliss-reactive ketones (excluding diaryl/α,β-unsaturated/α-hetero) is 1. The summed E-state index contributed by atoms with van der Waals surface area (Å²) in [6, 6.07) is 5.48. The number of ketones is 1. The Morgan fingerprint density at radius 3 is 2.69 bits per heavy atom. The molecule has 0 radical (unpaired) electrons. The topological polar surface area (TPSA) is 53.8 Å². The van der Waals surface area contributed by atoms with Crippen molar-refractivity contribution < 1.29 is 4.79 Å². The highest BCUT2D eigenvalue weighted by molar-refractivity contribution is 6.29. The molecule has 16 heavy (non-hydrogen) atoms. The Morgan fingerprint density at radius 2 is 2.25 bits per heavy atom. The lowest BCUT2D eigenvalue weighted by atomic mass is 9.91. The molecule has 3 nitrogen and oxygen atoms in total. The van der Waals surface area contributed by atoms with E-state index in [2.05, 4.69) is 4.98 Å². The summed E-state index contributed by atoms with van der Waals surface area (Å²) in [5.74, 6) is -0.745. The average molecular weight is 237 g/mol. The minimum Gasteiger partial charge on any atom is -0.298 e. The van der Waals surface area contributed by atoms with Gasteiger partial charge in [-0.25, -0.2) is 4.98 Å². The van der Waals surface area contributed by atoms with Crippen molar-refractivity contribution >= 4 is 17.4 Å². The quantitative estimate of drug-likeness (QED) is 0.756. The van der Waals surface area contributed by atoms with Crippen LogP contribution in [-0.2, 0) is 11.2 Å². The van der Waals surface area contributed by atoms with Gasteiger partial charge in [0.05, 0.1) is 6.07 Å². The van der Waals surface area contributed by atoms with E-state index in [0.717, 1.165) is 5.56 Å². The molecule has 0 aliphatic heterocycles. The van der Waals surface area contributed by atoms with E-state index in [1.54, 1.807) is 32.2 Å². The fourth-order valence-electron chi connectivity index (χ4n) is 1.38. The SMILES string of the molecule is CC(C)C(=O)C(C#N)Cc1ccc(Cl)nc1. The lowest BCUT2D eigenvalue weighted by molar-refractivity contribution is -0.124. The first-order valence-electron chi connectivity index (χ1n) is 5.08. The third kappa shape index (κ3) is 3.32. The van der Waals surface area contributed by atoms with Crippen LogP contribution >= 0.6 is 11.6 Å². The average Bonchev–Trinajstić information content (AvgIpc) is 2.27. The molecule has 0 saturated carbocycles. The van der Waals surface area contributed by atoms with E-state index in [9.17, 15) is 4.79 Å². The number of rotatable bonds is 4. The summed E-state index contributed by atoms with van der Waals surface area (Å²) < 4.78 is 0. The number of aromatic nitrogens is 1. The second kappa shape index (κ2) is 5.62. The number of hydrogen-bond donors (Lipinski definition) is 0. The third-order valence-corrected chi connectivity index (χ3v) is 2.52. The van der Waals surface area contributed by atoms with Crippen LogP contribution < -0.4 is 0 Å². The van der Waals surface area contributed by atoms with E-state index in [4.69, 9.17) is 16.9 Å². The zero-order chi connectivity index (χ0) is 12.1.